The van der Waals surface area contributed by atoms with Gasteiger partial charge in [0.15, 0.2) is 0 Å². The van der Waals surface area contributed by atoms with Gasteiger partial charge >= 0.3 is 5.97 Å². The van der Waals surface area contributed by atoms with Crippen molar-refractivity contribution in [3.63, 3.8) is 0 Å². The van der Waals surface area contributed by atoms with Crippen LogP contribution in [0.3, 0.4) is 0 Å². The number of aldehydes is 1. The van der Waals surface area contributed by atoms with E-state index in [9.17, 15) is 18.4 Å². The minimum absolute atomic E-state index is 0.0617. The highest BCUT2D eigenvalue weighted by atomic mass is 19.3. The van der Waals surface area contributed by atoms with Crippen molar-refractivity contribution < 1.29 is 23.5 Å². The number of hydrogen-bond acceptors (Lipinski definition) is 3. The van der Waals surface area contributed by atoms with E-state index in [1.165, 1.54) is 6.07 Å². The summed E-state index contributed by atoms with van der Waals surface area (Å²) in [5.74, 6) is -1.30. The molecule has 1 N–H and O–H groups in total. The van der Waals surface area contributed by atoms with Crippen molar-refractivity contribution in [2.24, 2.45) is 0 Å². The first-order chi connectivity index (χ1) is 8.01. The molecule has 17 heavy (non-hydrogen) atoms. The first-order valence-corrected chi connectivity index (χ1v) is 4.52. The largest absolute Gasteiger partial charge is 0.481 e. The van der Waals surface area contributed by atoms with Gasteiger partial charge in [0, 0.05) is 11.1 Å². The molecule has 0 aliphatic heterocycles. The molecule has 0 aliphatic carbocycles. The Morgan fingerprint density at radius 3 is 2.59 bits per heavy atom. The number of rotatable bonds is 4. The van der Waals surface area contributed by atoms with E-state index in [4.69, 9.17) is 10.4 Å². The normalized spacial score (nSPS) is 10.0. The summed E-state index contributed by atoms with van der Waals surface area (Å²) in [6, 6.07) is 3.57. The van der Waals surface area contributed by atoms with Gasteiger partial charge < -0.3 is 5.11 Å². The van der Waals surface area contributed by atoms with Gasteiger partial charge in [0.25, 0.3) is 6.43 Å². The van der Waals surface area contributed by atoms with Gasteiger partial charge in [0.2, 0.25) is 0 Å². The van der Waals surface area contributed by atoms with Gasteiger partial charge in [-0.3, -0.25) is 9.59 Å². The Hall–Kier alpha value is -2.29. The van der Waals surface area contributed by atoms with E-state index in [0.717, 1.165) is 12.1 Å². The standard InChI is InChI=1S/C11H7F2NO3/c12-11(13)7-2-1-6(5-15)8(3-10(16)17)9(7)4-14/h1-2,5,11H,3H2,(H,16,17). The summed E-state index contributed by atoms with van der Waals surface area (Å²) in [4.78, 5) is 21.2. The molecule has 0 fully saturated rings. The second kappa shape index (κ2) is 5.16. The fourth-order valence-electron chi connectivity index (χ4n) is 1.45. The molecule has 0 heterocycles. The van der Waals surface area contributed by atoms with Crippen molar-refractivity contribution in [2.45, 2.75) is 12.8 Å². The van der Waals surface area contributed by atoms with Crippen molar-refractivity contribution >= 4 is 12.3 Å². The van der Waals surface area contributed by atoms with Crippen LogP contribution >= 0.6 is 0 Å². The molecule has 0 aromatic heterocycles. The Balaban J connectivity index is 3.49. The molecule has 1 aromatic rings. The summed E-state index contributed by atoms with van der Waals surface area (Å²) in [6.45, 7) is 0. The van der Waals surface area contributed by atoms with Crippen LogP contribution in [0, 0.1) is 11.3 Å². The van der Waals surface area contributed by atoms with Gasteiger partial charge in [-0.05, 0) is 5.56 Å². The molecule has 0 amide bonds. The predicted molar refractivity (Wildman–Crippen MR) is 52.8 cm³/mol. The molecule has 6 heteroatoms. The second-order valence-corrected chi connectivity index (χ2v) is 3.20. The van der Waals surface area contributed by atoms with Crippen molar-refractivity contribution in [3.8, 4) is 6.07 Å². The summed E-state index contributed by atoms with van der Waals surface area (Å²) >= 11 is 0. The first-order valence-electron chi connectivity index (χ1n) is 4.52. The van der Waals surface area contributed by atoms with Crippen LogP contribution in [0.5, 0.6) is 0 Å². The number of carboxylic acid groups (broad SMARTS) is 1. The lowest BCUT2D eigenvalue weighted by atomic mass is 9.95. The minimum Gasteiger partial charge on any atom is -0.481 e. The summed E-state index contributed by atoms with van der Waals surface area (Å²) in [7, 11) is 0. The highest BCUT2D eigenvalue weighted by Gasteiger charge is 2.20. The number of halogens is 2. The zero-order chi connectivity index (χ0) is 13.0. The molecule has 0 aliphatic rings. The van der Waals surface area contributed by atoms with E-state index in [-0.39, 0.29) is 11.1 Å². The number of nitriles is 1. The Morgan fingerprint density at radius 1 is 1.53 bits per heavy atom. The van der Waals surface area contributed by atoms with E-state index in [1.54, 1.807) is 0 Å². The van der Waals surface area contributed by atoms with Crippen LogP contribution in [0.4, 0.5) is 8.78 Å². The molecule has 0 bridgehead atoms. The average Bonchev–Trinajstić information content (AvgIpc) is 2.27. The Labute approximate surface area is 95.1 Å². The van der Waals surface area contributed by atoms with Gasteiger partial charge in [-0.15, -0.1) is 0 Å². The van der Waals surface area contributed by atoms with Crippen molar-refractivity contribution in [3.05, 3.63) is 34.4 Å². The number of carbonyl (C=O) groups excluding carboxylic acids is 1. The molecule has 88 valence electrons. The summed E-state index contributed by atoms with van der Waals surface area (Å²) in [5.41, 5.74) is -1.23. The topological polar surface area (TPSA) is 78.2 Å². The molecular formula is C11H7F2NO3. The maximum absolute atomic E-state index is 12.6. The van der Waals surface area contributed by atoms with Gasteiger partial charge in [-0.2, -0.15) is 5.26 Å². The summed E-state index contributed by atoms with van der Waals surface area (Å²) in [5, 5.41) is 17.4. The molecule has 1 aromatic carbocycles. The maximum atomic E-state index is 12.6. The Kier molecular flexibility index (Phi) is 3.88. The van der Waals surface area contributed by atoms with Crippen LogP contribution in [0.15, 0.2) is 12.1 Å². The number of carbonyl (C=O) groups is 2. The lowest BCUT2D eigenvalue weighted by Gasteiger charge is -2.09. The van der Waals surface area contributed by atoms with E-state index in [2.05, 4.69) is 0 Å². The van der Waals surface area contributed by atoms with Crippen LogP contribution in [0.1, 0.15) is 33.5 Å². The quantitative estimate of drug-likeness (QED) is 0.814. The first kappa shape index (κ1) is 12.8. The highest BCUT2D eigenvalue weighted by molar-refractivity contribution is 5.83. The van der Waals surface area contributed by atoms with Crippen molar-refractivity contribution in [2.75, 3.05) is 0 Å². The lowest BCUT2D eigenvalue weighted by Crippen LogP contribution is -2.08. The number of alkyl halides is 2. The molecule has 1 rings (SSSR count). The molecule has 0 unspecified atom stereocenters. The smallest absolute Gasteiger partial charge is 0.307 e. The third kappa shape index (κ3) is 2.64. The number of carboxylic acids is 1. The molecule has 0 saturated heterocycles. The molecular weight excluding hydrogens is 232 g/mol. The van der Waals surface area contributed by atoms with Crippen LogP contribution in [-0.2, 0) is 11.2 Å². The van der Waals surface area contributed by atoms with Crippen LogP contribution in [-0.4, -0.2) is 17.4 Å². The Morgan fingerprint density at radius 2 is 2.18 bits per heavy atom. The zero-order valence-corrected chi connectivity index (χ0v) is 8.48. The van der Waals surface area contributed by atoms with Gasteiger partial charge in [-0.1, -0.05) is 12.1 Å². The van der Waals surface area contributed by atoms with E-state index in [0.29, 0.717) is 6.29 Å². The average molecular weight is 239 g/mol. The fraction of sp³-hybridized carbons (Fsp3) is 0.182. The third-order valence-corrected chi connectivity index (χ3v) is 2.18. The highest BCUT2D eigenvalue weighted by Crippen LogP contribution is 2.27. The number of aliphatic carboxylic acids is 1. The predicted octanol–water partition coefficient (Wildman–Crippen LogP) is 1.94. The third-order valence-electron chi connectivity index (χ3n) is 2.18. The van der Waals surface area contributed by atoms with Gasteiger partial charge in [0.05, 0.1) is 18.1 Å². The molecule has 4 nitrogen and oxygen atoms in total. The molecule has 0 saturated carbocycles. The molecule has 0 radical (unpaired) electrons. The minimum atomic E-state index is -2.89. The fourth-order valence-corrected chi connectivity index (χ4v) is 1.45. The monoisotopic (exact) mass is 239 g/mol. The van der Waals surface area contributed by atoms with E-state index >= 15 is 0 Å². The van der Waals surface area contributed by atoms with Crippen molar-refractivity contribution in [1.82, 2.24) is 0 Å². The summed E-state index contributed by atoms with van der Waals surface area (Å²) < 4.78 is 25.2. The van der Waals surface area contributed by atoms with E-state index < -0.39 is 29.9 Å². The number of benzene rings is 1. The lowest BCUT2D eigenvalue weighted by molar-refractivity contribution is -0.136. The zero-order valence-electron chi connectivity index (χ0n) is 8.48. The SMILES string of the molecule is N#Cc1c(C(F)F)ccc(C=O)c1CC(=O)O. The Bertz CT molecular complexity index is 506. The van der Waals surface area contributed by atoms with Crippen LogP contribution < -0.4 is 0 Å². The van der Waals surface area contributed by atoms with Crippen molar-refractivity contribution in [1.29, 1.82) is 5.26 Å². The maximum Gasteiger partial charge on any atom is 0.307 e. The van der Waals surface area contributed by atoms with Crippen LogP contribution in [0.2, 0.25) is 0 Å². The summed E-state index contributed by atoms with van der Waals surface area (Å²) in [6.07, 6.45) is -3.19. The van der Waals surface area contributed by atoms with Crippen LogP contribution in [0.25, 0.3) is 0 Å². The molecule has 0 spiro atoms. The number of hydrogen-bond donors (Lipinski definition) is 1. The van der Waals surface area contributed by atoms with Gasteiger partial charge in [0.1, 0.15) is 6.29 Å². The second-order valence-electron chi connectivity index (χ2n) is 3.20. The molecule has 0 atom stereocenters. The van der Waals surface area contributed by atoms with E-state index in [1.807, 2.05) is 0 Å². The van der Waals surface area contributed by atoms with Gasteiger partial charge in [-0.25, -0.2) is 8.78 Å². The number of nitrogens with zero attached hydrogens (tertiary/aromatic N) is 1.